The number of aliphatic carboxylic acids is 1. The van der Waals surface area contributed by atoms with Crippen LogP contribution in [0.4, 0.5) is 0 Å². The number of likely N-dealkylation sites (N-methyl/N-ethyl adjacent to an activating group) is 1. The third-order valence-electron chi connectivity index (χ3n) is 4.11. The molecule has 0 amide bonds. The number of Topliss-reactive ketones (excluding diaryl/α,β-unsaturated/α-hetero) is 1. The lowest BCUT2D eigenvalue weighted by Crippen LogP contribution is -2.52. The van der Waals surface area contributed by atoms with Gasteiger partial charge in [-0.2, -0.15) is 0 Å². The number of likely N-dealkylation sites (tertiary alicyclic amines) is 1. The number of rotatable bonds is 4. The Morgan fingerprint density at radius 1 is 1.33 bits per heavy atom. The smallest absolute Gasteiger partial charge is 0.306 e. The number of carbonyl (C=O) groups is 2. The van der Waals surface area contributed by atoms with E-state index in [9.17, 15) is 9.59 Å². The highest BCUT2D eigenvalue weighted by atomic mass is 16.4. The van der Waals surface area contributed by atoms with Crippen molar-refractivity contribution in [2.24, 2.45) is 17.8 Å². The number of hydrogen-bond acceptors (Lipinski definition) is 4. The summed E-state index contributed by atoms with van der Waals surface area (Å²) in [6.45, 7) is 3.43. The van der Waals surface area contributed by atoms with E-state index in [0.717, 1.165) is 26.2 Å². The van der Waals surface area contributed by atoms with Crippen molar-refractivity contribution in [1.82, 2.24) is 9.80 Å². The lowest BCUT2D eigenvalue weighted by atomic mass is 9.71. The molecule has 2 unspecified atom stereocenters. The summed E-state index contributed by atoms with van der Waals surface area (Å²) in [5.74, 6) is -0.858. The van der Waals surface area contributed by atoms with E-state index in [1.54, 1.807) is 0 Å². The van der Waals surface area contributed by atoms with Crippen LogP contribution in [0.25, 0.3) is 0 Å². The van der Waals surface area contributed by atoms with Gasteiger partial charge in [0.15, 0.2) is 0 Å². The lowest BCUT2D eigenvalue weighted by Gasteiger charge is -2.42. The fraction of sp³-hybridized carbons (Fsp3) is 0.846. The Kier molecular flexibility index (Phi) is 4.02. The van der Waals surface area contributed by atoms with Gasteiger partial charge in [-0.3, -0.25) is 9.59 Å². The Balaban J connectivity index is 1.95. The van der Waals surface area contributed by atoms with E-state index in [1.807, 2.05) is 14.1 Å². The Labute approximate surface area is 108 Å². The highest BCUT2D eigenvalue weighted by Crippen LogP contribution is 2.35. The summed E-state index contributed by atoms with van der Waals surface area (Å²) in [6, 6.07) is 0. The summed E-state index contributed by atoms with van der Waals surface area (Å²) in [5.41, 5.74) is 0. The Morgan fingerprint density at radius 2 is 1.89 bits per heavy atom. The number of carbonyl (C=O) groups excluding carboxylic acids is 1. The van der Waals surface area contributed by atoms with Crippen molar-refractivity contribution in [2.45, 2.75) is 12.8 Å². The molecule has 5 heteroatoms. The van der Waals surface area contributed by atoms with Gasteiger partial charge in [0.1, 0.15) is 5.78 Å². The number of carboxylic acid groups (broad SMARTS) is 1. The Morgan fingerprint density at radius 3 is 2.33 bits per heavy atom. The molecule has 18 heavy (non-hydrogen) atoms. The van der Waals surface area contributed by atoms with Crippen molar-refractivity contribution in [3.05, 3.63) is 0 Å². The van der Waals surface area contributed by atoms with Gasteiger partial charge in [0.25, 0.3) is 0 Å². The van der Waals surface area contributed by atoms with Crippen molar-refractivity contribution in [1.29, 1.82) is 0 Å². The lowest BCUT2D eigenvalue weighted by molar-refractivity contribution is -0.149. The third-order valence-corrected chi connectivity index (χ3v) is 4.11. The maximum absolute atomic E-state index is 12.0. The summed E-state index contributed by atoms with van der Waals surface area (Å²) in [5, 5.41) is 9.09. The summed E-state index contributed by atoms with van der Waals surface area (Å²) in [6.07, 6.45) is 1.06. The average molecular weight is 254 g/mol. The Bertz CT molecular complexity index is 325. The maximum Gasteiger partial charge on any atom is 0.306 e. The van der Waals surface area contributed by atoms with Crippen LogP contribution in [0.15, 0.2) is 0 Å². The van der Waals surface area contributed by atoms with Crippen LogP contribution in [0.2, 0.25) is 0 Å². The van der Waals surface area contributed by atoms with Gasteiger partial charge in [-0.05, 0) is 26.9 Å². The minimum atomic E-state index is -0.737. The van der Waals surface area contributed by atoms with E-state index < -0.39 is 5.97 Å². The zero-order valence-corrected chi connectivity index (χ0v) is 11.1. The fourth-order valence-electron chi connectivity index (χ4n) is 3.10. The minimum absolute atomic E-state index is 0.0548. The van der Waals surface area contributed by atoms with Crippen LogP contribution < -0.4 is 0 Å². The van der Waals surface area contributed by atoms with Gasteiger partial charge in [0.05, 0.1) is 5.92 Å². The molecule has 0 radical (unpaired) electrons. The maximum atomic E-state index is 12.0. The molecule has 0 spiro atoms. The topological polar surface area (TPSA) is 60.9 Å². The summed E-state index contributed by atoms with van der Waals surface area (Å²) < 4.78 is 0. The van der Waals surface area contributed by atoms with Crippen LogP contribution in [-0.2, 0) is 9.59 Å². The first-order valence-corrected chi connectivity index (χ1v) is 6.61. The molecule has 5 nitrogen and oxygen atoms in total. The summed E-state index contributed by atoms with van der Waals surface area (Å²) in [7, 11) is 4.08. The standard InChI is InChI=1S/C13H22N2O3/c1-14(2)3-4-15-7-10-5-9(13(17)18)6-11(8-15)12(10)16/h9-11H,3-8H2,1-2H3,(H,17,18). The van der Waals surface area contributed by atoms with Gasteiger partial charge in [0.2, 0.25) is 0 Å². The normalized spacial score (nSPS) is 32.8. The zero-order valence-electron chi connectivity index (χ0n) is 11.1. The quantitative estimate of drug-likeness (QED) is 0.774. The molecule has 1 saturated heterocycles. The van der Waals surface area contributed by atoms with E-state index in [2.05, 4.69) is 9.80 Å². The second-order valence-corrected chi connectivity index (χ2v) is 5.87. The molecule has 1 aliphatic heterocycles. The SMILES string of the molecule is CN(C)CCN1CC2CC(C(=O)O)CC(C1)C2=O. The molecule has 0 aromatic heterocycles. The van der Waals surface area contributed by atoms with Gasteiger partial charge in [0, 0.05) is 38.0 Å². The van der Waals surface area contributed by atoms with E-state index in [4.69, 9.17) is 5.11 Å². The van der Waals surface area contributed by atoms with Crippen molar-refractivity contribution >= 4 is 11.8 Å². The predicted molar refractivity (Wildman–Crippen MR) is 67.3 cm³/mol. The number of carboxylic acids is 1. The van der Waals surface area contributed by atoms with Gasteiger partial charge >= 0.3 is 5.97 Å². The number of nitrogens with zero attached hydrogens (tertiary/aromatic N) is 2. The number of piperidine rings is 1. The van der Waals surface area contributed by atoms with Gasteiger partial charge < -0.3 is 14.9 Å². The third kappa shape index (κ3) is 2.90. The van der Waals surface area contributed by atoms with Gasteiger partial charge in [-0.15, -0.1) is 0 Å². The first-order valence-electron chi connectivity index (χ1n) is 6.61. The van der Waals surface area contributed by atoms with Crippen molar-refractivity contribution < 1.29 is 14.7 Å². The van der Waals surface area contributed by atoms with E-state index in [-0.39, 0.29) is 17.8 Å². The van der Waals surface area contributed by atoms with Gasteiger partial charge in [-0.25, -0.2) is 0 Å². The average Bonchev–Trinajstić information content (AvgIpc) is 2.26. The van der Waals surface area contributed by atoms with E-state index in [0.29, 0.717) is 18.6 Å². The highest BCUT2D eigenvalue weighted by molar-refractivity contribution is 5.87. The minimum Gasteiger partial charge on any atom is -0.481 e. The van der Waals surface area contributed by atoms with Crippen LogP contribution in [0, 0.1) is 17.8 Å². The van der Waals surface area contributed by atoms with Crippen molar-refractivity contribution in [3.63, 3.8) is 0 Å². The molecule has 0 aromatic carbocycles. The molecule has 1 N–H and O–H groups in total. The largest absolute Gasteiger partial charge is 0.481 e. The van der Waals surface area contributed by atoms with Crippen LogP contribution in [0.3, 0.4) is 0 Å². The van der Waals surface area contributed by atoms with Crippen LogP contribution in [-0.4, -0.2) is 66.9 Å². The molecule has 0 aromatic rings. The number of fused-ring (bicyclic) bond motifs is 2. The molecule has 1 heterocycles. The number of ketones is 1. The number of hydrogen-bond donors (Lipinski definition) is 1. The molecule has 2 fully saturated rings. The molecular formula is C13H22N2O3. The van der Waals surface area contributed by atoms with Gasteiger partial charge in [-0.1, -0.05) is 0 Å². The molecule has 2 rings (SSSR count). The molecule has 2 aliphatic rings. The molecule has 1 saturated carbocycles. The molecule has 2 atom stereocenters. The Hall–Kier alpha value is -0.940. The molecule has 1 aliphatic carbocycles. The molecule has 2 bridgehead atoms. The van der Waals surface area contributed by atoms with Crippen molar-refractivity contribution in [2.75, 3.05) is 40.3 Å². The van der Waals surface area contributed by atoms with Crippen LogP contribution >= 0.6 is 0 Å². The van der Waals surface area contributed by atoms with Crippen molar-refractivity contribution in [3.8, 4) is 0 Å². The highest BCUT2D eigenvalue weighted by Gasteiger charge is 2.43. The second-order valence-electron chi connectivity index (χ2n) is 5.87. The first-order chi connectivity index (χ1) is 8.47. The molecular weight excluding hydrogens is 232 g/mol. The monoisotopic (exact) mass is 254 g/mol. The summed E-state index contributed by atoms with van der Waals surface area (Å²) in [4.78, 5) is 27.5. The van der Waals surface area contributed by atoms with E-state index in [1.165, 1.54) is 0 Å². The first kappa shape index (κ1) is 13.5. The predicted octanol–water partition coefficient (Wildman–Crippen LogP) is 0.160. The van der Waals surface area contributed by atoms with E-state index >= 15 is 0 Å². The fourth-order valence-corrected chi connectivity index (χ4v) is 3.10. The molecule has 102 valence electrons. The van der Waals surface area contributed by atoms with Crippen LogP contribution in [0.5, 0.6) is 0 Å². The second kappa shape index (κ2) is 5.36. The van der Waals surface area contributed by atoms with Crippen LogP contribution in [0.1, 0.15) is 12.8 Å². The zero-order chi connectivity index (χ0) is 13.3. The summed E-state index contributed by atoms with van der Waals surface area (Å²) >= 11 is 0.